The summed E-state index contributed by atoms with van der Waals surface area (Å²) in [5, 5.41) is 27.8. The summed E-state index contributed by atoms with van der Waals surface area (Å²) in [5.41, 5.74) is -0.915. The van der Waals surface area contributed by atoms with Gasteiger partial charge in [0.05, 0.1) is 5.41 Å². The number of phenols is 2. The fraction of sp³-hybridized carbons (Fsp3) is 0.417. The van der Waals surface area contributed by atoms with Crippen LogP contribution >= 0.6 is 0 Å². The highest BCUT2D eigenvalue weighted by Gasteiger charge is 2.43. The summed E-state index contributed by atoms with van der Waals surface area (Å²) in [7, 11) is 0. The largest absolute Gasteiger partial charge is 0.504 e. The second-order valence-corrected chi connectivity index (χ2v) is 4.42. The van der Waals surface area contributed by atoms with E-state index in [0.29, 0.717) is 12.8 Å². The van der Waals surface area contributed by atoms with Crippen LogP contribution in [-0.4, -0.2) is 21.3 Å². The molecule has 0 heterocycles. The third-order valence-electron chi connectivity index (χ3n) is 3.46. The fourth-order valence-electron chi connectivity index (χ4n) is 2.47. The van der Waals surface area contributed by atoms with E-state index in [-0.39, 0.29) is 5.56 Å². The van der Waals surface area contributed by atoms with Gasteiger partial charge < -0.3 is 15.3 Å². The van der Waals surface area contributed by atoms with Crippen molar-refractivity contribution in [3.05, 3.63) is 23.5 Å². The van der Waals surface area contributed by atoms with Crippen molar-refractivity contribution in [3.63, 3.8) is 0 Å². The fourth-order valence-corrected chi connectivity index (χ4v) is 2.47. The molecule has 0 unspecified atom stereocenters. The van der Waals surface area contributed by atoms with Gasteiger partial charge in [0.2, 0.25) is 0 Å². The van der Waals surface area contributed by atoms with Gasteiger partial charge in [-0.3, -0.25) is 4.79 Å². The molecule has 17 heavy (non-hydrogen) atoms. The lowest BCUT2D eigenvalue weighted by atomic mass is 9.79. The lowest BCUT2D eigenvalue weighted by molar-refractivity contribution is -0.143. The maximum Gasteiger partial charge on any atom is 0.314 e. The molecule has 0 aliphatic heterocycles. The number of carboxylic acid groups (broad SMARTS) is 1. The van der Waals surface area contributed by atoms with Crippen molar-refractivity contribution in [1.82, 2.24) is 0 Å². The van der Waals surface area contributed by atoms with Gasteiger partial charge in [-0.1, -0.05) is 12.8 Å². The first-order valence-electron chi connectivity index (χ1n) is 5.43. The van der Waals surface area contributed by atoms with E-state index in [9.17, 15) is 19.4 Å². The standard InChI is InChI=1S/C12H13FO4/c13-8-5-7(6-9(14)10(8)15)12(11(16)17)3-1-2-4-12/h5-6,14-15H,1-4H2,(H,16,17). The molecule has 5 heteroatoms. The second-order valence-electron chi connectivity index (χ2n) is 4.42. The zero-order chi connectivity index (χ0) is 12.6. The molecule has 0 aromatic heterocycles. The first-order valence-corrected chi connectivity index (χ1v) is 5.43. The molecule has 0 saturated heterocycles. The summed E-state index contributed by atoms with van der Waals surface area (Å²) in [5.74, 6) is -3.47. The molecule has 92 valence electrons. The average molecular weight is 240 g/mol. The Hall–Kier alpha value is -1.78. The van der Waals surface area contributed by atoms with Crippen LogP contribution in [0.25, 0.3) is 0 Å². The monoisotopic (exact) mass is 240 g/mol. The molecule has 0 spiro atoms. The number of carbonyl (C=O) groups is 1. The van der Waals surface area contributed by atoms with Crippen LogP contribution in [0.5, 0.6) is 11.5 Å². The van der Waals surface area contributed by atoms with E-state index in [1.54, 1.807) is 0 Å². The Morgan fingerprint density at radius 1 is 1.24 bits per heavy atom. The van der Waals surface area contributed by atoms with E-state index in [4.69, 9.17) is 5.11 Å². The van der Waals surface area contributed by atoms with Crippen LogP contribution in [0.15, 0.2) is 12.1 Å². The topological polar surface area (TPSA) is 77.8 Å². The molecule has 1 aliphatic rings. The van der Waals surface area contributed by atoms with Crippen LogP contribution < -0.4 is 0 Å². The highest BCUT2D eigenvalue weighted by Crippen LogP contribution is 2.44. The molecule has 3 N–H and O–H groups in total. The third-order valence-corrected chi connectivity index (χ3v) is 3.46. The van der Waals surface area contributed by atoms with Crippen LogP contribution in [-0.2, 0) is 10.2 Å². The minimum atomic E-state index is -1.13. The normalized spacial score (nSPS) is 18.2. The van der Waals surface area contributed by atoms with Crippen molar-refractivity contribution in [2.75, 3.05) is 0 Å². The Kier molecular flexibility index (Phi) is 2.69. The van der Waals surface area contributed by atoms with Crippen molar-refractivity contribution in [2.45, 2.75) is 31.1 Å². The molecule has 1 aliphatic carbocycles. The average Bonchev–Trinajstić information content (AvgIpc) is 2.75. The van der Waals surface area contributed by atoms with Crippen LogP contribution in [0, 0.1) is 5.82 Å². The van der Waals surface area contributed by atoms with Gasteiger partial charge in [-0.15, -0.1) is 0 Å². The molecular weight excluding hydrogens is 227 g/mol. The van der Waals surface area contributed by atoms with E-state index in [0.717, 1.165) is 25.0 Å². The van der Waals surface area contributed by atoms with Gasteiger partial charge in [0.25, 0.3) is 0 Å². The summed E-state index contributed by atoms with van der Waals surface area (Å²) in [4.78, 5) is 11.4. The van der Waals surface area contributed by atoms with Crippen LogP contribution in [0.2, 0.25) is 0 Å². The van der Waals surface area contributed by atoms with E-state index in [2.05, 4.69) is 0 Å². The maximum atomic E-state index is 13.3. The van der Waals surface area contributed by atoms with Crippen LogP contribution in [0.1, 0.15) is 31.2 Å². The van der Waals surface area contributed by atoms with Crippen molar-refractivity contribution in [1.29, 1.82) is 0 Å². The van der Waals surface area contributed by atoms with Crippen molar-refractivity contribution in [2.24, 2.45) is 0 Å². The Morgan fingerprint density at radius 2 is 1.82 bits per heavy atom. The minimum Gasteiger partial charge on any atom is -0.504 e. The molecule has 0 bridgehead atoms. The third kappa shape index (κ3) is 1.71. The Morgan fingerprint density at radius 3 is 2.29 bits per heavy atom. The number of hydrogen-bond acceptors (Lipinski definition) is 3. The zero-order valence-corrected chi connectivity index (χ0v) is 9.11. The molecule has 1 aromatic carbocycles. The highest BCUT2D eigenvalue weighted by molar-refractivity contribution is 5.82. The predicted molar refractivity (Wildman–Crippen MR) is 57.5 cm³/mol. The predicted octanol–water partition coefficient (Wildman–Crippen LogP) is 2.13. The van der Waals surface area contributed by atoms with E-state index < -0.39 is 28.7 Å². The van der Waals surface area contributed by atoms with Crippen LogP contribution in [0.4, 0.5) is 4.39 Å². The molecule has 1 saturated carbocycles. The SMILES string of the molecule is O=C(O)C1(c2cc(O)c(O)c(F)c2)CCCC1. The van der Waals surface area contributed by atoms with Gasteiger partial charge in [0, 0.05) is 0 Å². The van der Waals surface area contributed by atoms with E-state index >= 15 is 0 Å². The number of rotatable bonds is 2. The number of halogens is 1. The van der Waals surface area contributed by atoms with E-state index in [1.807, 2.05) is 0 Å². The number of aliphatic carboxylic acids is 1. The van der Waals surface area contributed by atoms with Crippen molar-refractivity contribution in [3.8, 4) is 11.5 Å². The number of phenolic OH excluding ortho intramolecular Hbond substituents is 2. The first kappa shape index (κ1) is 11.7. The van der Waals surface area contributed by atoms with Gasteiger partial charge in [-0.2, -0.15) is 0 Å². The number of benzene rings is 1. The van der Waals surface area contributed by atoms with E-state index in [1.165, 1.54) is 0 Å². The molecule has 0 radical (unpaired) electrons. The molecular formula is C12H13FO4. The molecule has 1 fully saturated rings. The summed E-state index contributed by atoms with van der Waals surface area (Å²) < 4.78 is 13.3. The highest BCUT2D eigenvalue weighted by atomic mass is 19.1. The Labute approximate surface area is 97.3 Å². The molecule has 1 aromatic rings. The summed E-state index contributed by atoms with van der Waals surface area (Å²) in [6.07, 6.45) is 2.36. The van der Waals surface area contributed by atoms with Gasteiger partial charge in [0.15, 0.2) is 17.3 Å². The summed E-state index contributed by atoms with van der Waals surface area (Å²) in [6.45, 7) is 0. The zero-order valence-electron chi connectivity index (χ0n) is 9.11. The number of carboxylic acids is 1. The lowest BCUT2D eigenvalue weighted by Gasteiger charge is -2.24. The van der Waals surface area contributed by atoms with Crippen molar-refractivity contribution < 1.29 is 24.5 Å². The molecule has 0 atom stereocenters. The lowest BCUT2D eigenvalue weighted by Crippen LogP contribution is -2.32. The van der Waals surface area contributed by atoms with Gasteiger partial charge >= 0.3 is 5.97 Å². The quantitative estimate of drug-likeness (QED) is 0.692. The maximum absolute atomic E-state index is 13.3. The van der Waals surface area contributed by atoms with Crippen LogP contribution in [0.3, 0.4) is 0 Å². The summed E-state index contributed by atoms with van der Waals surface area (Å²) in [6, 6.07) is 2.13. The first-order chi connectivity index (χ1) is 7.97. The second kappa shape index (κ2) is 3.91. The summed E-state index contributed by atoms with van der Waals surface area (Å²) >= 11 is 0. The molecule has 2 rings (SSSR count). The van der Waals surface area contributed by atoms with Crippen molar-refractivity contribution >= 4 is 5.97 Å². The molecule has 0 amide bonds. The number of aromatic hydroxyl groups is 2. The van der Waals surface area contributed by atoms with Gasteiger partial charge in [-0.25, -0.2) is 4.39 Å². The molecule has 4 nitrogen and oxygen atoms in total. The minimum absolute atomic E-state index is 0.218. The van der Waals surface area contributed by atoms with Gasteiger partial charge in [-0.05, 0) is 30.5 Å². The number of hydrogen-bond donors (Lipinski definition) is 3. The smallest absolute Gasteiger partial charge is 0.314 e. The Bertz CT molecular complexity index is 441. The van der Waals surface area contributed by atoms with Gasteiger partial charge in [0.1, 0.15) is 0 Å². The Balaban J connectivity index is 2.55.